The van der Waals surface area contributed by atoms with E-state index in [9.17, 15) is 0 Å². The summed E-state index contributed by atoms with van der Waals surface area (Å²) < 4.78 is 11.2. The van der Waals surface area contributed by atoms with Gasteiger partial charge in [0.25, 0.3) is 0 Å². The van der Waals surface area contributed by atoms with Gasteiger partial charge in [0.05, 0.1) is 19.3 Å². The zero-order chi connectivity index (χ0) is 18.3. The van der Waals surface area contributed by atoms with Gasteiger partial charge in [-0.1, -0.05) is 20.8 Å². The number of morpholine rings is 1. The molecule has 0 aromatic heterocycles. The normalized spacial score (nSPS) is 27.3. The number of aliphatic imine (C=N–C) groups is 1. The highest BCUT2D eigenvalue weighted by molar-refractivity contribution is 7.99. The first-order chi connectivity index (χ1) is 11.9. The van der Waals surface area contributed by atoms with Gasteiger partial charge in [-0.25, -0.2) is 0 Å². The molecule has 25 heavy (non-hydrogen) atoms. The van der Waals surface area contributed by atoms with Crippen molar-refractivity contribution < 1.29 is 9.47 Å². The van der Waals surface area contributed by atoms with E-state index in [2.05, 4.69) is 53.1 Å². The van der Waals surface area contributed by atoms with E-state index < -0.39 is 0 Å². The van der Waals surface area contributed by atoms with Gasteiger partial charge in [-0.3, -0.25) is 9.89 Å². The predicted octanol–water partition coefficient (Wildman–Crippen LogP) is 1.42. The number of methoxy groups -OCH3 is 1. The minimum absolute atomic E-state index is 0.0950. The van der Waals surface area contributed by atoms with Crippen LogP contribution in [0, 0.1) is 5.41 Å². The van der Waals surface area contributed by atoms with Crippen LogP contribution < -0.4 is 10.6 Å². The number of guanidine groups is 1. The van der Waals surface area contributed by atoms with Crippen LogP contribution in [0.15, 0.2) is 4.99 Å². The SMILES string of the molecule is CN=C(NCC(OC)C(C)(C)C)NCC1(N2CCOCC2)CCSC1. The molecule has 2 saturated heterocycles. The highest BCUT2D eigenvalue weighted by atomic mass is 32.2. The van der Waals surface area contributed by atoms with E-state index in [1.807, 2.05) is 7.05 Å². The van der Waals surface area contributed by atoms with Crippen LogP contribution in [-0.2, 0) is 9.47 Å². The number of rotatable bonds is 6. The fourth-order valence-electron chi connectivity index (χ4n) is 3.54. The van der Waals surface area contributed by atoms with E-state index in [1.165, 1.54) is 17.9 Å². The first kappa shape index (κ1) is 20.8. The van der Waals surface area contributed by atoms with Crippen molar-refractivity contribution in [2.75, 3.05) is 65.1 Å². The molecule has 2 aliphatic rings. The van der Waals surface area contributed by atoms with Gasteiger partial charge >= 0.3 is 0 Å². The van der Waals surface area contributed by atoms with Gasteiger partial charge in [-0.15, -0.1) is 0 Å². The number of nitrogens with zero attached hydrogens (tertiary/aromatic N) is 2. The Morgan fingerprint density at radius 3 is 2.56 bits per heavy atom. The van der Waals surface area contributed by atoms with Crippen molar-refractivity contribution >= 4 is 17.7 Å². The maximum absolute atomic E-state index is 5.63. The summed E-state index contributed by atoms with van der Waals surface area (Å²) in [5, 5.41) is 7.00. The number of thioether (sulfide) groups is 1. The van der Waals surface area contributed by atoms with Crippen LogP contribution >= 0.6 is 11.8 Å². The van der Waals surface area contributed by atoms with Crippen molar-refractivity contribution in [1.29, 1.82) is 0 Å². The summed E-state index contributed by atoms with van der Waals surface area (Å²) in [5.41, 5.74) is 0.314. The second-order valence-electron chi connectivity index (χ2n) is 8.02. The Kier molecular flexibility index (Phi) is 7.86. The van der Waals surface area contributed by atoms with Crippen LogP contribution in [0.3, 0.4) is 0 Å². The fraction of sp³-hybridized carbons (Fsp3) is 0.944. The second kappa shape index (κ2) is 9.44. The third-order valence-electron chi connectivity index (χ3n) is 5.28. The molecule has 0 radical (unpaired) electrons. The first-order valence-electron chi connectivity index (χ1n) is 9.29. The van der Waals surface area contributed by atoms with Gasteiger partial charge in [-0.05, 0) is 17.6 Å². The quantitative estimate of drug-likeness (QED) is 0.543. The molecule has 6 nitrogen and oxygen atoms in total. The first-order valence-corrected chi connectivity index (χ1v) is 10.4. The summed E-state index contributed by atoms with van der Waals surface area (Å²) in [6.45, 7) is 12.0. The lowest BCUT2D eigenvalue weighted by molar-refractivity contribution is -0.0120. The minimum Gasteiger partial charge on any atom is -0.379 e. The number of ether oxygens (including phenoxy) is 2. The molecule has 146 valence electrons. The Hall–Kier alpha value is -0.500. The van der Waals surface area contributed by atoms with Crippen LogP contribution in [-0.4, -0.2) is 87.6 Å². The molecule has 0 saturated carbocycles. The lowest BCUT2D eigenvalue weighted by atomic mass is 9.89. The largest absolute Gasteiger partial charge is 0.379 e. The second-order valence-corrected chi connectivity index (χ2v) is 9.13. The third-order valence-corrected chi connectivity index (χ3v) is 6.51. The number of hydrogen-bond donors (Lipinski definition) is 2. The molecule has 2 rings (SSSR count). The Morgan fingerprint density at radius 1 is 1.32 bits per heavy atom. The van der Waals surface area contributed by atoms with Crippen molar-refractivity contribution in [1.82, 2.24) is 15.5 Å². The van der Waals surface area contributed by atoms with Crippen molar-refractivity contribution in [3.63, 3.8) is 0 Å². The van der Waals surface area contributed by atoms with Crippen molar-refractivity contribution in [3.8, 4) is 0 Å². The van der Waals surface area contributed by atoms with E-state index >= 15 is 0 Å². The smallest absolute Gasteiger partial charge is 0.191 e. The highest BCUT2D eigenvalue weighted by Gasteiger charge is 2.40. The van der Waals surface area contributed by atoms with Crippen molar-refractivity contribution in [2.45, 2.75) is 38.8 Å². The molecule has 2 unspecified atom stereocenters. The zero-order valence-corrected chi connectivity index (χ0v) is 17.4. The Morgan fingerprint density at radius 2 is 2.04 bits per heavy atom. The maximum Gasteiger partial charge on any atom is 0.191 e. The molecule has 2 heterocycles. The molecule has 0 amide bonds. The average molecular weight is 373 g/mol. The van der Waals surface area contributed by atoms with E-state index in [0.717, 1.165) is 45.4 Å². The molecule has 0 aliphatic carbocycles. The molecule has 0 aromatic carbocycles. The Bertz CT molecular complexity index is 427. The van der Waals surface area contributed by atoms with Gasteiger partial charge in [0.15, 0.2) is 5.96 Å². The van der Waals surface area contributed by atoms with Gasteiger partial charge in [0, 0.05) is 51.6 Å². The van der Waals surface area contributed by atoms with Crippen LogP contribution in [0.4, 0.5) is 0 Å². The molecular weight excluding hydrogens is 336 g/mol. The molecular formula is C18H36N4O2S. The molecule has 0 spiro atoms. The summed E-state index contributed by atoms with van der Waals surface area (Å²) in [5.74, 6) is 3.27. The Balaban J connectivity index is 1.89. The molecule has 2 fully saturated rings. The molecule has 2 atom stereocenters. The lowest BCUT2D eigenvalue weighted by Gasteiger charge is -2.43. The van der Waals surface area contributed by atoms with Gasteiger partial charge in [-0.2, -0.15) is 11.8 Å². The molecule has 7 heteroatoms. The van der Waals surface area contributed by atoms with Crippen LogP contribution in [0.25, 0.3) is 0 Å². The summed E-state index contributed by atoms with van der Waals surface area (Å²) in [6.07, 6.45) is 1.37. The minimum atomic E-state index is 0.0950. The van der Waals surface area contributed by atoms with Crippen LogP contribution in [0.2, 0.25) is 0 Å². The number of nitrogens with one attached hydrogen (secondary N) is 2. The number of hydrogen-bond acceptors (Lipinski definition) is 5. The molecule has 0 bridgehead atoms. The van der Waals surface area contributed by atoms with Crippen molar-refractivity contribution in [3.05, 3.63) is 0 Å². The summed E-state index contributed by atoms with van der Waals surface area (Å²) in [6, 6.07) is 0. The zero-order valence-electron chi connectivity index (χ0n) is 16.6. The molecule has 0 aromatic rings. The summed E-state index contributed by atoms with van der Waals surface area (Å²) in [7, 11) is 3.61. The predicted molar refractivity (Wildman–Crippen MR) is 107 cm³/mol. The fourth-order valence-corrected chi connectivity index (χ4v) is 5.01. The summed E-state index contributed by atoms with van der Waals surface area (Å²) >= 11 is 2.06. The van der Waals surface area contributed by atoms with E-state index in [1.54, 1.807) is 7.11 Å². The summed E-state index contributed by atoms with van der Waals surface area (Å²) in [4.78, 5) is 7.02. The van der Waals surface area contributed by atoms with Gasteiger partial charge in [0.1, 0.15) is 0 Å². The van der Waals surface area contributed by atoms with Gasteiger partial charge in [0.2, 0.25) is 0 Å². The van der Waals surface area contributed by atoms with E-state index in [4.69, 9.17) is 9.47 Å². The van der Waals surface area contributed by atoms with Crippen LogP contribution in [0.1, 0.15) is 27.2 Å². The van der Waals surface area contributed by atoms with E-state index in [0.29, 0.717) is 0 Å². The van der Waals surface area contributed by atoms with Crippen LogP contribution in [0.5, 0.6) is 0 Å². The Labute approximate surface area is 157 Å². The average Bonchev–Trinajstić information content (AvgIpc) is 3.08. The molecule has 2 aliphatic heterocycles. The lowest BCUT2D eigenvalue weighted by Crippen LogP contribution is -2.60. The highest BCUT2D eigenvalue weighted by Crippen LogP contribution is 2.33. The maximum atomic E-state index is 5.63. The third kappa shape index (κ3) is 5.74. The van der Waals surface area contributed by atoms with E-state index in [-0.39, 0.29) is 17.1 Å². The van der Waals surface area contributed by atoms with Gasteiger partial charge < -0.3 is 20.1 Å². The topological polar surface area (TPSA) is 58.1 Å². The standard InChI is InChI=1S/C18H36N4O2S/c1-17(2,3)15(23-5)12-20-16(19-4)21-13-18(6-11-25-14-18)22-7-9-24-10-8-22/h15H,6-14H2,1-5H3,(H2,19,20,21). The van der Waals surface area contributed by atoms with Crippen molar-refractivity contribution in [2.24, 2.45) is 10.4 Å². The molecule has 2 N–H and O–H groups in total. The monoisotopic (exact) mass is 372 g/mol.